The van der Waals surface area contributed by atoms with E-state index in [1.165, 1.54) is 51.6 Å². The third-order valence-electron chi connectivity index (χ3n) is 5.01. The third kappa shape index (κ3) is 4.24. The van der Waals surface area contributed by atoms with Crippen LogP contribution in [0.1, 0.15) is 66.2 Å². The number of nitrogens with two attached hydrogens (primary N) is 1. The van der Waals surface area contributed by atoms with Gasteiger partial charge in [0.25, 0.3) is 0 Å². The van der Waals surface area contributed by atoms with Crippen LogP contribution in [0, 0.1) is 11.8 Å². The summed E-state index contributed by atoms with van der Waals surface area (Å²) >= 11 is 0. The second-order valence-corrected chi connectivity index (χ2v) is 6.72. The number of rotatable bonds is 8. The Balaban J connectivity index is 2.37. The lowest BCUT2D eigenvalue weighted by Gasteiger charge is -2.38. The van der Waals surface area contributed by atoms with Crippen LogP contribution in [0.25, 0.3) is 0 Å². The molecule has 0 aromatic carbocycles. The molecule has 0 saturated carbocycles. The number of nitrogens with zero attached hydrogens (tertiary/aromatic N) is 1. The zero-order valence-corrected chi connectivity index (χ0v) is 13.0. The van der Waals surface area contributed by atoms with Gasteiger partial charge in [0, 0.05) is 25.2 Å². The molecule has 0 aliphatic carbocycles. The molecule has 1 rings (SSSR count). The zero-order valence-electron chi connectivity index (χ0n) is 13.0. The maximum absolute atomic E-state index is 6.08. The minimum atomic E-state index is 0.241. The van der Waals surface area contributed by atoms with Crippen molar-refractivity contribution in [2.24, 2.45) is 17.6 Å². The molecule has 1 aliphatic rings. The Morgan fingerprint density at radius 3 is 2.11 bits per heavy atom. The van der Waals surface area contributed by atoms with Gasteiger partial charge in [-0.15, -0.1) is 0 Å². The van der Waals surface area contributed by atoms with E-state index in [0.717, 1.165) is 18.4 Å². The molecule has 2 heteroatoms. The molecule has 0 aromatic heterocycles. The van der Waals surface area contributed by atoms with E-state index in [1.54, 1.807) is 0 Å². The predicted molar refractivity (Wildman–Crippen MR) is 80.7 cm³/mol. The van der Waals surface area contributed by atoms with E-state index < -0.39 is 0 Å². The van der Waals surface area contributed by atoms with Gasteiger partial charge in [-0.1, -0.05) is 52.9 Å². The van der Waals surface area contributed by atoms with Gasteiger partial charge in [0.15, 0.2) is 0 Å². The third-order valence-corrected chi connectivity index (χ3v) is 5.01. The summed E-state index contributed by atoms with van der Waals surface area (Å²) in [6.07, 6.45) is 8.10. The smallest absolute Gasteiger partial charge is 0.0303 e. The first-order valence-electron chi connectivity index (χ1n) is 7.98. The molecule has 0 spiro atoms. The van der Waals surface area contributed by atoms with Crippen molar-refractivity contribution in [3.63, 3.8) is 0 Å². The molecule has 2 N–H and O–H groups in total. The summed E-state index contributed by atoms with van der Waals surface area (Å²) in [6, 6.07) is 0. The average Bonchev–Trinajstić information content (AvgIpc) is 2.70. The highest BCUT2D eigenvalue weighted by Crippen LogP contribution is 2.31. The molecule has 3 unspecified atom stereocenters. The van der Waals surface area contributed by atoms with Gasteiger partial charge in [-0.2, -0.15) is 0 Å². The fraction of sp³-hybridized carbons (Fsp3) is 1.00. The van der Waals surface area contributed by atoms with Crippen molar-refractivity contribution in [2.45, 2.75) is 71.8 Å². The van der Waals surface area contributed by atoms with Crippen LogP contribution >= 0.6 is 0 Å². The van der Waals surface area contributed by atoms with E-state index >= 15 is 0 Å². The van der Waals surface area contributed by atoms with Crippen molar-refractivity contribution in [1.82, 2.24) is 4.90 Å². The first kappa shape index (κ1) is 16.0. The summed E-state index contributed by atoms with van der Waals surface area (Å²) in [4.78, 5) is 2.65. The summed E-state index contributed by atoms with van der Waals surface area (Å²) in [5.74, 6) is 1.66. The van der Waals surface area contributed by atoms with Crippen LogP contribution in [0.2, 0.25) is 0 Å². The Morgan fingerprint density at radius 1 is 1.06 bits per heavy atom. The van der Waals surface area contributed by atoms with E-state index in [4.69, 9.17) is 5.73 Å². The SMILES string of the molecule is CCCCCCCC(C)(CN)N1CC(C)C(C)C1. The van der Waals surface area contributed by atoms with Crippen LogP contribution in [0.4, 0.5) is 0 Å². The van der Waals surface area contributed by atoms with E-state index in [-0.39, 0.29) is 5.54 Å². The molecule has 1 heterocycles. The van der Waals surface area contributed by atoms with Crippen LogP contribution < -0.4 is 5.73 Å². The minimum Gasteiger partial charge on any atom is -0.329 e. The van der Waals surface area contributed by atoms with Gasteiger partial charge in [-0.05, 0) is 25.2 Å². The number of unbranched alkanes of at least 4 members (excludes halogenated alkanes) is 4. The van der Waals surface area contributed by atoms with Gasteiger partial charge in [0.1, 0.15) is 0 Å². The fourth-order valence-electron chi connectivity index (χ4n) is 3.07. The van der Waals surface area contributed by atoms with E-state index in [0.29, 0.717) is 0 Å². The lowest BCUT2D eigenvalue weighted by molar-refractivity contribution is 0.122. The Hall–Kier alpha value is -0.0800. The number of hydrogen-bond acceptors (Lipinski definition) is 2. The molecule has 1 fully saturated rings. The Morgan fingerprint density at radius 2 is 1.61 bits per heavy atom. The molecule has 3 atom stereocenters. The second-order valence-electron chi connectivity index (χ2n) is 6.72. The maximum Gasteiger partial charge on any atom is 0.0303 e. The molecule has 1 aliphatic heterocycles. The summed E-state index contributed by atoms with van der Waals surface area (Å²) in [5, 5.41) is 0. The van der Waals surface area contributed by atoms with Crippen LogP contribution in [-0.2, 0) is 0 Å². The molecule has 0 aromatic rings. The van der Waals surface area contributed by atoms with Crippen molar-refractivity contribution < 1.29 is 0 Å². The van der Waals surface area contributed by atoms with Crippen LogP contribution in [-0.4, -0.2) is 30.1 Å². The van der Waals surface area contributed by atoms with Gasteiger partial charge in [-0.3, -0.25) is 4.90 Å². The van der Waals surface area contributed by atoms with Crippen molar-refractivity contribution in [3.05, 3.63) is 0 Å². The van der Waals surface area contributed by atoms with Crippen molar-refractivity contribution in [3.8, 4) is 0 Å². The average molecular weight is 254 g/mol. The van der Waals surface area contributed by atoms with E-state index in [9.17, 15) is 0 Å². The topological polar surface area (TPSA) is 29.3 Å². The lowest BCUT2D eigenvalue weighted by Crippen LogP contribution is -2.50. The van der Waals surface area contributed by atoms with Crippen LogP contribution in [0.3, 0.4) is 0 Å². The summed E-state index contributed by atoms with van der Waals surface area (Å²) in [5.41, 5.74) is 6.32. The Labute approximate surface area is 114 Å². The molecule has 1 saturated heterocycles. The monoisotopic (exact) mass is 254 g/mol. The van der Waals surface area contributed by atoms with Crippen molar-refractivity contribution in [1.29, 1.82) is 0 Å². The maximum atomic E-state index is 6.08. The highest BCUT2D eigenvalue weighted by atomic mass is 15.2. The van der Waals surface area contributed by atoms with Gasteiger partial charge >= 0.3 is 0 Å². The Kier molecular flexibility index (Phi) is 6.65. The molecule has 2 nitrogen and oxygen atoms in total. The standard InChI is InChI=1S/C16H34N2/c1-5-6-7-8-9-10-16(4,13-17)18-11-14(2)15(3)12-18/h14-15H,5-13,17H2,1-4H3. The fourth-order valence-corrected chi connectivity index (χ4v) is 3.07. The first-order chi connectivity index (χ1) is 8.53. The minimum absolute atomic E-state index is 0.241. The largest absolute Gasteiger partial charge is 0.329 e. The molecular weight excluding hydrogens is 220 g/mol. The van der Waals surface area contributed by atoms with Gasteiger partial charge < -0.3 is 5.73 Å². The zero-order chi connectivity index (χ0) is 13.6. The van der Waals surface area contributed by atoms with E-state index in [2.05, 4.69) is 32.6 Å². The Bertz CT molecular complexity index is 219. The van der Waals surface area contributed by atoms with Gasteiger partial charge in [0.05, 0.1) is 0 Å². The second kappa shape index (κ2) is 7.49. The van der Waals surface area contributed by atoms with Gasteiger partial charge in [-0.25, -0.2) is 0 Å². The normalized spacial score (nSPS) is 28.5. The molecule has 108 valence electrons. The van der Waals surface area contributed by atoms with Crippen molar-refractivity contribution >= 4 is 0 Å². The lowest BCUT2D eigenvalue weighted by atomic mass is 9.92. The van der Waals surface area contributed by atoms with Crippen molar-refractivity contribution in [2.75, 3.05) is 19.6 Å². The quantitative estimate of drug-likeness (QED) is 0.670. The molecular formula is C16H34N2. The summed E-state index contributed by atoms with van der Waals surface area (Å²) < 4.78 is 0. The first-order valence-corrected chi connectivity index (χ1v) is 7.98. The molecule has 18 heavy (non-hydrogen) atoms. The van der Waals surface area contributed by atoms with Crippen LogP contribution in [0.15, 0.2) is 0 Å². The number of hydrogen-bond donors (Lipinski definition) is 1. The van der Waals surface area contributed by atoms with Crippen LogP contribution in [0.5, 0.6) is 0 Å². The van der Waals surface area contributed by atoms with E-state index in [1.807, 2.05) is 0 Å². The summed E-state index contributed by atoms with van der Waals surface area (Å²) in [6.45, 7) is 12.7. The molecule has 0 bridgehead atoms. The highest BCUT2D eigenvalue weighted by Gasteiger charge is 2.37. The highest BCUT2D eigenvalue weighted by molar-refractivity contribution is 4.93. The van der Waals surface area contributed by atoms with Gasteiger partial charge in [0.2, 0.25) is 0 Å². The molecule has 0 amide bonds. The molecule has 0 radical (unpaired) electrons. The summed E-state index contributed by atoms with van der Waals surface area (Å²) in [7, 11) is 0. The number of likely N-dealkylation sites (tertiary alicyclic amines) is 1. The predicted octanol–water partition coefficient (Wildman–Crippen LogP) is 3.65.